The van der Waals surface area contributed by atoms with Crippen LogP contribution in [0.3, 0.4) is 0 Å². The molecule has 5 atom stereocenters. The van der Waals surface area contributed by atoms with Crippen LogP contribution in [-0.4, -0.2) is 53.7 Å². The molecule has 1 aromatic rings. The fourth-order valence-electron chi connectivity index (χ4n) is 4.08. The van der Waals surface area contributed by atoms with E-state index in [9.17, 15) is 28.5 Å². The topological polar surface area (TPSA) is 124 Å². The van der Waals surface area contributed by atoms with E-state index >= 15 is 0 Å². The minimum Gasteiger partial charge on any atom is -0.393 e. The molecule has 1 amide bonds. The second kappa shape index (κ2) is 13.4. The van der Waals surface area contributed by atoms with E-state index in [4.69, 9.17) is 0 Å². The largest absolute Gasteiger partial charge is 0.393 e. The molecule has 2 rings (SSSR count). The van der Waals surface area contributed by atoms with Gasteiger partial charge in [-0.2, -0.15) is 0 Å². The highest BCUT2D eigenvalue weighted by Crippen LogP contribution is 2.36. The first kappa shape index (κ1) is 27.7. The summed E-state index contributed by atoms with van der Waals surface area (Å²) in [5.74, 6) is -1.00. The lowest BCUT2D eigenvalue weighted by Gasteiger charge is -2.19. The molecule has 0 bridgehead atoms. The highest BCUT2D eigenvalue weighted by atomic mass is 32.2. The third-order valence-electron chi connectivity index (χ3n) is 6.15. The lowest BCUT2D eigenvalue weighted by atomic mass is 9.89. The molecule has 1 aliphatic rings. The molecular formula is C24H37NO6S2. The minimum absolute atomic E-state index is 0.127. The summed E-state index contributed by atoms with van der Waals surface area (Å²) in [6.45, 7) is 3.55. The Morgan fingerprint density at radius 3 is 2.73 bits per heavy atom. The summed E-state index contributed by atoms with van der Waals surface area (Å²) in [5, 5.41) is 33.1. The van der Waals surface area contributed by atoms with Gasteiger partial charge in [-0.1, -0.05) is 24.3 Å². The number of allylic oxidation sites excluding steroid dienone is 2. The second-order valence-electron chi connectivity index (χ2n) is 8.63. The molecule has 1 aliphatic carbocycles. The zero-order valence-electron chi connectivity index (χ0n) is 19.4. The Kier molecular flexibility index (Phi) is 11.2. The summed E-state index contributed by atoms with van der Waals surface area (Å²) in [6.07, 6.45) is 9.11. The van der Waals surface area contributed by atoms with Crippen molar-refractivity contribution >= 4 is 27.3 Å². The zero-order valence-corrected chi connectivity index (χ0v) is 21.0. The van der Waals surface area contributed by atoms with Crippen LogP contribution in [0, 0.1) is 18.8 Å². The van der Waals surface area contributed by atoms with Crippen LogP contribution in [0.2, 0.25) is 0 Å². The smallest absolute Gasteiger partial charge is 0.234 e. The van der Waals surface area contributed by atoms with Gasteiger partial charge in [0.1, 0.15) is 0 Å². The van der Waals surface area contributed by atoms with E-state index in [1.807, 2.05) is 28.3 Å². The number of unbranched alkanes of at least 4 members (excludes halogenated alkanes) is 1. The fraction of sp³-hybridized carbons (Fsp3) is 0.625. The van der Waals surface area contributed by atoms with Crippen molar-refractivity contribution in [1.29, 1.82) is 0 Å². The molecular weight excluding hydrogens is 462 g/mol. The number of amides is 1. The number of aliphatic hydroxyl groups excluding tert-OH is 3. The number of rotatable bonds is 13. The number of carbonyl (C=O) groups excluding carboxylic acids is 1. The molecule has 9 heteroatoms. The molecule has 0 saturated heterocycles. The van der Waals surface area contributed by atoms with Gasteiger partial charge in [-0.25, -0.2) is 8.42 Å². The molecule has 33 heavy (non-hydrogen) atoms. The monoisotopic (exact) mass is 499 g/mol. The number of sulfonamides is 1. The maximum Gasteiger partial charge on any atom is 0.234 e. The van der Waals surface area contributed by atoms with Gasteiger partial charge in [0.2, 0.25) is 15.9 Å². The molecule has 1 heterocycles. The highest BCUT2D eigenvalue weighted by Gasteiger charge is 2.39. The van der Waals surface area contributed by atoms with Crippen molar-refractivity contribution in [3.05, 3.63) is 46.2 Å². The van der Waals surface area contributed by atoms with Crippen molar-refractivity contribution in [3.63, 3.8) is 0 Å². The minimum atomic E-state index is -3.52. The Labute approximate surface area is 201 Å². The number of hydrogen-bond acceptors (Lipinski definition) is 7. The first-order valence-electron chi connectivity index (χ1n) is 11.6. The lowest BCUT2D eigenvalue weighted by Crippen LogP contribution is -2.31. The van der Waals surface area contributed by atoms with E-state index in [0.717, 1.165) is 6.42 Å². The number of aryl methyl sites for hydroxylation is 2. The van der Waals surface area contributed by atoms with Crippen molar-refractivity contribution in [1.82, 2.24) is 4.72 Å². The van der Waals surface area contributed by atoms with Crippen molar-refractivity contribution in [2.24, 2.45) is 11.8 Å². The Hall–Kier alpha value is -1.52. The fourth-order valence-corrected chi connectivity index (χ4v) is 5.43. The van der Waals surface area contributed by atoms with Gasteiger partial charge in [-0.05, 0) is 68.9 Å². The van der Waals surface area contributed by atoms with Crippen molar-refractivity contribution in [2.45, 2.75) is 77.1 Å². The first-order valence-corrected chi connectivity index (χ1v) is 14.1. The van der Waals surface area contributed by atoms with E-state index in [0.29, 0.717) is 32.1 Å². The van der Waals surface area contributed by atoms with Crippen LogP contribution in [-0.2, 0) is 21.2 Å². The summed E-state index contributed by atoms with van der Waals surface area (Å²) >= 11 is 1.70. The number of carbonyl (C=O) groups is 1. The number of thiophene rings is 1. The molecule has 1 aromatic heterocycles. The van der Waals surface area contributed by atoms with Crippen molar-refractivity contribution < 1.29 is 28.5 Å². The average molecular weight is 500 g/mol. The van der Waals surface area contributed by atoms with E-state index < -0.39 is 34.2 Å². The Balaban J connectivity index is 1.77. The van der Waals surface area contributed by atoms with Crippen molar-refractivity contribution in [3.8, 4) is 0 Å². The summed E-state index contributed by atoms with van der Waals surface area (Å²) < 4.78 is 24.8. The van der Waals surface area contributed by atoms with Crippen LogP contribution in [0.4, 0.5) is 0 Å². The molecule has 0 spiro atoms. The van der Waals surface area contributed by atoms with Crippen LogP contribution in [0.5, 0.6) is 0 Å². The maximum absolute atomic E-state index is 11.6. The molecule has 4 N–H and O–H groups in total. The highest BCUT2D eigenvalue weighted by molar-refractivity contribution is 7.90. The summed E-state index contributed by atoms with van der Waals surface area (Å²) in [6, 6.07) is 2.08. The van der Waals surface area contributed by atoms with Gasteiger partial charge < -0.3 is 15.3 Å². The molecule has 0 aromatic carbocycles. The number of hydrogen-bond donors (Lipinski definition) is 4. The van der Waals surface area contributed by atoms with Gasteiger partial charge in [-0.3, -0.25) is 9.52 Å². The predicted molar refractivity (Wildman–Crippen MR) is 131 cm³/mol. The van der Waals surface area contributed by atoms with Crippen LogP contribution < -0.4 is 4.72 Å². The zero-order chi connectivity index (χ0) is 24.4. The number of nitrogens with one attached hydrogen (secondary N) is 1. The molecule has 1 saturated carbocycles. The predicted octanol–water partition coefficient (Wildman–Crippen LogP) is 2.85. The van der Waals surface area contributed by atoms with Crippen molar-refractivity contribution in [2.75, 3.05) is 5.75 Å². The lowest BCUT2D eigenvalue weighted by molar-refractivity contribution is -0.119. The molecule has 0 aliphatic heterocycles. The molecule has 1 fully saturated rings. The third-order valence-corrected chi connectivity index (χ3v) is 8.33. The Bertz CT molecular complexity index is 908. The third kappa shape index (κ3) is 9.33. The Morgan fingerprint density at radius 1 is 1.30 bits per heavy atom. The van der Waals surface area contributed by atoms with Gasteiger partial charge in [-0.15, -0.1) is 11.3 Å². The Morgan fingerprint density at radius 2 is 2.06 bits per heavy atom. The standard InChI is InChI=1S/C24H37NO6S2/c1-3-33(30,31)25-24(29)9-7-5-4-6-8-20-21(23(28)16-22(20)27)13-12-19(26)11-10-18-14-15-32-17(18)2/h4,6,12-15,19-23,26-28H,3,5,7-11,16H2,1-2H3,(H,25,29)/b6-4+,13-12+/t19-,20+,21+,22-,23+/m0/s1. The SMILES string of the molecule is CCS(=O)(=O)NC(=O)CCC/C=C/C[C@@H]1[C@@H](/C=C/[C@@H](O)CCc2ccsc2C)[C@H](O)C[C@@H]1O. The van der Waals surface area contributed by atoms with Gasteiger partial charge in [0.15, 0.2) is 0 Å². The van der Waals surface area contributed by atoms with Gasteiger partial charge in [0, 0.05) is 23.6 Å². The normalized spacial score (nSPS) is 24.6. The van der Waals surface area contributed by atoms with Crippen LogP contribution in [0.1, 0.15) is 55.9 Å². The van der Waals surface area contributed by atoms with Crippen LogP contribution >= 0.6 is 11.3 Å². The summed E-state index contributed by atoms with van der Waals surface area (Å²) in [4.78, 5) is 12.9. The van der Waals surface area contributed by atoms with Gasteiger partial charge in [0.05, 0.1) is 24.1 Å². The van der Waals surface area contributed by atoms with Gasteiger partial charge in [0.25, 0.3) is 0 Å². The van der Waals surface area contributed by atoms with Gasteiger partial charge >= 0.3 is 0 Å². The van der Waals surface area contributed by atoms with E-state index in [1.165, 1.54) is 17.4 Å². The number of aliphatic hydroxyl groups is 3. The molecule has 0 radical (unpaired) electrons. The molecule has 0 unspecified atom stereocenters. The maximum atomic E-state index is 11.6. The summed E-state index contributed by atoms with van der Waals surface area (Å²) in [7, 11) is -3.52. The first-order chi connectivity index (χ1) is 15.6. The second-order valence-corrected chi connectivity index (χ2v) is 11.8. The van der Waals surface area contributed by atoms with Crippen LogP contribution in [0.25, 0.3) is 0 Å². The summed E-state index contributed by atoms with van der Waals surface area (Å²) in [5.41, 5.74) is 1.25. The van der Waals surface area contributed by atoms with E-state index in [2.05, 4.69) is 13.0 Å². The molecule has 7 nitrogen and oxygen atoms in total. The van der Waals surface area contributed by atoms with E-state index in [1.54, 1.807) is 17.4 Å². The quantitative estimate of drug-likeness (QED) is 0.244. The van der Waals surface area contributed by atoms with Crippen LogP contribution in [0.15, 0.2) is 35.8 Å². The van der Waals surface area contributed by atoms with E-state index in [-0.39, 0.29) is 24.0 Å². The molecule has 186 valence electrons. The average Bonchev–Trinajstić information content (AvgIpc) is 3.28.